The van der Waals surface area contributed by atoms with Crippen molar-refractivity contribution >= 4 is 27.5 Å². The van der Waals surface area contributed by atoms with Crippen LogP contribution < -0.4 is 15.8 Å². The maximum absolute atomic E-state index is 8.55. The molecule has 0 fully saturated rings. The second-order valence-corrected chi connectivity index (χ2v) is 4.57. The summed E-state index contributed by atoms with van der Waals surface area (Å²) in [6.07, 6.45) is 0. The lowest BCUT2D eigenvalue weighted by atomic mass is 10.1. The molecule has 5 nitrogen and oxygen atoms in total. The third-order valence-electron chi connectivity index (χ3n) is 2.38. The SMILES string of the molecule is COc1ccc(Br)cc1NCC(C)C(N)=NO. The number of rotatable bonds is 5. The maximum Gasteiger partial charge on any atom is 0.143 e. The fraction of sp³-hybridized carbons (Fsp3) is 0.364. The minimum absolute atomic E-state index is 0.0660. The first kappa shape index (κ1) is 13.6. The molecule has 6 heteroatoms. The van der Waals surface area contributed by atoms with E-state index in [1.807, 2.05) is 25.1 Å². The number of amidine groups is 1. The Balaban J connectivity index is 2.71. The zero-order valence-electron chi connectivity index (χ0n) is 9.77. The minimum Gasteiger partial charge on any atom is -0.495 e. The number of halogens is 1. The molecule has 1 unspecified atom stereocenters. The first-order valence-electron chi connectivity index (χ1n) is 5.13. The molecule has 0 aliphatic carbocycles. The normalized spacial score (nSPS) is 13.2. The summed E-state index contributed by atoms with van der Waals surface area (Å²) in [6.45, 7) is 2.43. The van der Waals surface area contributed by atoms with Crippen LogP contribution in [-0.4, -0.2) is 24.7 Å². The van der Waals surface area contributed by atoms with Crippen molar-refractivity contribution in [1.82, 2.24) is 0 Å². The van der Waals surface area contributed by atoms with Gasteiger partial charge >= 0.3 is 0 Å². The Labute approximate surface area is 109 Å². The molecule has 17 heavy (non-hydrogen) atoms. The molecule has 0 amide bonds. The zero-order valence-corrected chi connectivity index (χ0v) is 11.4. The Morgan fingerprint density at radius 1 is 1.65 bits per heavy atom. The summed E-state index contributed by atoms with van der Waals surface area (Å²) in [4.78, 5) is 0. The first-order chi connectivity index (χ1) is 8.08. The van der Waals surface area contributed by atoms with Gasteiger partial charge in [-0.3, -0.25) is 0 Å². The van der Waals surface area contributed by atoms with Crippen LogP contribution in [0.3, 0.4) is 0 Å². The molecule has 0 heterocycles. The van der Waals surface area contributed by atoms with Gasteiger partial charge in [0.05, 0.1) is 12.8 Å². The summed E-state index contributed by atoms with van der Waals surface area (Å²) in [5, 5.41) is 14.7. The van der Waals surface area contributed by atoms with Crippen molar-refractivity contribution in [2.45, 2.75) is 6.92 Å². The molecule has 0 aromatic heterocycles. The van der Waals surface area contributed by atoms with Gasteiger partial charge in [0.1, 0.15) is 11.6 Å². The Kier molecular flexibility index (Phi) is 5.09. The molecular weight excluding hydrogens is 286 g/mol. The van der Waals surface area contributed by atoms with Crippen molar-refractivity contribution < 1.29 is 9.94 Å². The van der Waals surface area contributed by atoms with Gasteiger partial charge in [0.2, 0.25) is 0 Å². The lowest BCUT2D eigenvalue weighted by Crippen LogP contribution is -2.27. The molecular formula is C11H16BrN3O2. The predicted octanol–water partition coefficient (Wildman–Crippen LogP) is 2.25. The van der Waals surface area contributed by atoms with Crippen LogP contribution in [0.5, 0.6) is 5.75 Å². The number of hydrogen-bond donors (Lipinski definition) is 3. The Bertz CT molecular complexity index is 410. The van der Waals surface area contributed by atoms with E-state index in [1.165, 1.54) is 0 Å². The van der Waals surface area contributed by atoms with Crippen molar-refractivity contribution in [3.8, 4) is 5.75 Å². The van der Waals surface area contributed by atoms with Gasteiger partial charge in [0, 0.05) is 16.9 Å². The summed E-state index contributed by atoms with van der Waals surface area (Å²) >= 11 is 3.39. The van der Waals surface area contributed by atoms with Crippen LogP contribution in [0.2, 0.25) is 0 Å². The highest BCUT2D eigenvalue weighted by Crippen LogP contribution is 2.27. The molecule has 1 atom stereocenters. The molecule has 0 aliphatic heterocycles. The van der Waals surface area contributed by atoms with E-state index in [0.717, 1.165) is 15.9 Å². The van der Waals surface area contributed by atoms with Crippen molar-refractivity contribution in [2.75, 3.05) is 19.0 Å². The highest BCUT2D eigenvalue weighted by molar-refractivity contribution is 9.10. The average Bonchev–Trinajstić information content (AvgIpc) is 2.35. The molecule has 0 spiro atoms. The summed E-state index contributed by atoms with van der Waals surface area (Å²) in [6, 6.07) is 5.68. The number of methoxy groups -OCH3 is 1. The number of hydrogen-bond acceptors (Lipinski definition) is 4. The lowest BCUT2D eigenvalue weighted by molar-refractivity contribution is 0.315. The standard InChI is InChI=1S/C11H16BrN3O2/c1-7(11(13)15-16)6-14-9-5-8(12)3-4-10(9)17-2/h3-5,7,14,16H,6H2,1-2H3,(H2,13,15). The van der Waals surface area contributed by atoms with E-state index in [2.05, 4.69) is 26.4 Å². The zero-order chi connectivity index (χ0) is 12.8. The van der Waals surface area contributed by atoms with Crippen molar-refractivity contribution in [3.63, 3.8) is 0 Å². The average molecular weight is 302 g/mol. The molecule has 0 aliphatic rings. The third kappa shape index (κ3) is 3.81. The number of benzene rings is 1. The van der Waals surface area contributed by atoms with Crippen LogP contribution in [0.1, 0.15) is 6.92 Å². The van der Waals surface area contributed by atoms with Gasteiger partial charge in [-0.15, -0.1) is 0 Å². The minimum atomic E-state index is -0.0660. The van der Waals surface area contributed by atoms with Crippen LogP contribution in [-0.2, 0) is 0 Å². The molecule has 0 saturated carbocycles. The van der Waals surface area contributed by atoms with Gasteiger partial charge in [-0.25, -0.2) is 0 Å². The van der Waals surface area contributed by atoms with Gasteiger partial charge in [0.15, 0.2) is 0 Å². The number of nitrogens with two attached hydrogens (primary N) is 1. The summed E-state index contributed by atoms with van der Waals surface area (Å²) < 4.78 is 6.18. The van der Waals surface area contributed by atoms with Gasteiger partial charge in [-0.2, -0.15) is 0 Å². The predicted molar refractivity (Wildman–Crippen MR) is 71.8 cm³/mol. The van der Waals surface area contributed by atoms with E-state index in [1.54, 1.807) is 7.11 Å². The van der Waals surface area contributed by atoms with E-state index in [4.69, 9.17) is 15.7 Å². The molecule has 0 bridgehead atoms. The lowest BCUT2D eigenvalue weighted by Gasteiger charge is -2.14. The fourth-order valence-electron chi connectivity index (χ4n) is 1.28. The molecule has 1 rings (SSSR count). The van der Waals surface area contributed by atoms with E-state index in [-0.39, 0.29) is 11.8 Å². The number of nitrogens with one attached hydrogen (secondary N) is 1. The molecule has 0 radical (unpaired) electrons. The molecule has 1 aromatic carbocycles. The topological polar surface area (TPSA) is 79.9 Å². The second-order valence-electron chi connectivity index (χ2n) is 3.65. The van der Waals surface area contributed by atoms with Crippen molar-refractivity contribution in [3.05, 3.63) is 22.7 Å². The maximum atomic E-state index is 8.55. The molecule has 4 N–H and O–H groups in total. The Morgan fingerprint density at radius 2 is 2.35 bits per heavy atom. The van der Waals surface area contributed by atoms with Crippen LogP contribution in [0, 0.1) is 5.92 Å². The third-order valence-corrected chi connectivity index (χ3v) is 2.87. The first-order valence-corrected chi connectivity index (χ1v) is 5.92. The fourth-order valence-corrected chi connectivity index (χ4v) is 1.65. The number of oxime groups is 1. The number of nitrogens with zero attached hydrogens (tertiary/aromatic N) is 1. The highest BCUT2D eigenvalue weighted by atomic mass is 79.9. The van der Waals surface area contributed by atoms with Crippen LogP contribution in [0.25, 0.3) is 0 Å². The van der Waals surface area contributed by atoms with E-state index < -0.39 is 0 Å². The Morgan fingerprint density at radius 3 is 2.94 bits per heavy atom. The summed E-state index contributed by atoms with van der Waals surface area (Å²) in [5.74, 6) is 0.884. The number of anilines is 1. The summed E-state index contributed by atoms with van der Waals surface area (Å²) in [5.41, 5.74) is 6.36. The van der Waals surface area contributed by atoms with E-state index >= 15 is 0 Å². The van der Waals surface area contributed by atoms with E-state index in [9.17, 15) is 0 Å². The Hall–Kier alpha value is -1.43. The van der Waals surface area contributed by atoms with E-state index in [0.29, 0.717) is 6.54 Å². The highest BCUT2D eigenvalue weighted by Gasteiger charge is 2.09. The quantitative estimate of drug-likeness (QED) is 0.337. The van der Waals surface area contributed by atoms with Gasteiger partial charge in [-0.1, -0.05) is 28.0 Å². The van der Waals surface area contributed by atoms with Gasteiger partial charge < -0.3 is 21.0 Å². The van der Waals surface area contributed by atoms with Crippen LogP contribution in [0.15, 0.2) is 27.8 Å². The molecule has 0 saturated heterocycles. The molecule has 1 aromatic rings. The van der Waals surface area contributed by atoms with Gasteiger partial charge in [0.25, 0.3) is 0 Å². The van der Waals surface area contributed by atoms with Crippen molar-refractivity contribution in [2.24, 2.45) is 16.8 Å². The monoisotopic (exact) mass is 301 g/mol. The van der Waals surface area contributed by atoms with Gasteiger partial charge in [-0.05, 0) is 18.2 Å². The smallest absolute Gasteiger partial charge is 0.143 e. The second kappa shape index (κ2) is 6.34. The van der Waals surface area contributed by atoms with Crippen molar-refractivity contribution in [1.29, 1.82) is 0 Å². The largest absolute Gasteiger partial charge is 0.495 e. The van der Waals surface area contributed by atoms with Crippen LogP contribution in [0.4, 0.5) is 5.69 Å². The summed E-state index contributed by atoms with van der Waals surface area (Å²) in [7, 11) is 1.61. The van der Waals surface area contributed by atoms with Crippen LogP contribution >= 0.6 is 15.9 Å². The number of ether oxygens (including phenoxy) is 1. The molecule has 94 valence electrons.